The Hall–Kier alpha value is -3.40. The maximum absolute atomic E-state index is 9.46. The standard InChI is InChI=1S/C16H15N5O2/c1-10(9-17)15(20-21-18)12-5-3-4-11(8-12)13-6-7-14(22)19-16(13)23-2/h3-8H,1-2H3,(H2,18,20)(H,19,22)/b15-10+. The van der Waals surface area contributed by atoms with Gasteiger partial charge in [-0.2, -0.15) is 10.2 Å². The number of nitrogens with zero attached hydrogens (tertiary/aromatic N) is 4. The van der Waals surface area contributed by atoms with Gasteiger partial charge in [-0.15, -0.1) is 5.11 Å². The fraction of sp³-hybridized carbons (Fsp3) is 0.125. The van der Waals surface area contributed by atoms with Crippen LogP contribution < -0.4 is 10.6 Å². The third-order valence-electron chi connectivity index (χ3n) is 3.17. The average molecular weight is 309 g/mol. The summed E-state index contributed by atoms with van der Waals surface area (Å²) in [4.78, 5) is 3.94. The number of hydrogen-bond donors (Lipinski definition) is 2. The first-order chi connectivity index (χ1) is 11.1. The zero-order chi connectivity index (χ0) is 16.8. The number of aromatic hydroxyl groups is 1. The van der Waals surface area contributed by atoms with Gasteiger partial charge in [0.15, 0.2) is 0 Å². The third kappa shape index (κ3) is 3.44. The molecule has 7 nitrogen and oxygen atoms in total. The Morgan fingerprint density at radius 1 is 1.35 bits per heavy atom. The van der Waals surface area contributed by atoms with Crippen LogP contribution in [0.5, 0.6) is 11.8 Å². The van der Waals surface area contributed by atoms with Crippen LogP contribution in [-0.4, -0.2) is 17.2 Å². The number of nitriles is 1. The molecule has 3 N–H and O–H groups in total. The van der Waals surface area contributed by atoms with Crippen LogP contribution in [0, 0.1) is 11.3 Å². The van der Waals surface area contributed by atoms with Gasteiger partial charge in [0.05, 0.1) is 18.8 Å². The number of pyridine rings is 1. The van der Waals surface area contributed by atoms with E-state index in [4.69, 9.17) is 15.8 Å². The van der Waals surface area contributed by atoms with Crippen molar-refractivity contribution in [2.45, 2.75) is 6.92 Å². The van der Waals surface area contributed by atoms with Crippen molar-refractivity contribution in [3.63, 3.8) is 0 Å². The molecule has 0 spiro atoms. The van der Waals surface area contributed by atoms with Gasteiger partial charge in [-0.25, -0.2) is 0 Å². The van der Waals surface area contributed by atoms with E-state index in [0.29, 0.717) is 28.3 Å². The highest BCUT2D eigenvalue weighted by Gasteiger charge is 2.11. The lowest BCUT2D eigenvalue weighted by Gasteiger charge is -2.09. The van der Waals surface area contributed by atoms with E-state index in [9.17, 15) is 5.11 Å². The maximum atomic E-state index is 9.46. The number of ether oxygens (including phenoxy) is 1. The van der Waals surface area contributed by atoms with E-state index in [-0.39, 0.29) is 5.88 Å². The lowest BCUT2D eigenvalue weighted by Crippen LogP contribution is -1.93. The number of methoxy groups -OCH3 is 1. The Balaban J connectivity index is 2.60. The normalized spacial score (nSPS) is 11.9. The smallest absolute Gasteiger partial charge is 0.224 e. The predicted molar refractivity (Wildman–Crippen MR) is 85.1 cm³/mol. The van der Waals surface area contributed by atoms with Crippen molar-refractivity contribution < 1.29 is 9.84 Å². The third-order valence-corrected chi connectivity index (χ3v) is 3.17. The summed E-state index contributed by atoms with van der Waals surface area (Å²) in [6, 6.07) is 12.5. The molecular formula is C16H15N5O2. The molecule has 0 unspecified atom stereocenters. The van der Waals surface area contributed by atoms with E-state index < -0.39 is 0 Å². The summed E-state index contributed by atoms with van der Waals surface area (Å²) in [5, 5.41) is 25.6. The molecule has 0 aliphatic rings. The lowest BCUT2D eigenvalue weighted by atomic mass is 10.0. The van der Waals surface area contributed by atoms with Gasteiger partial charge >= 0.3 is 0 Å². The van der Waals surface area contributed by atoms with E-state index in [2.05, 4.69) is 15.3 Å². The monoisotopic (exact) mass is 309 g/mol. The zero-order valence-electron chi connectivity index (χ0n) is 12.7. The first-order valence-corrected chi connectivity index (χ1v) is 6.67. The van der Waals surface area contributed by atoms with Gasteiger partial charge in [-0.05, 0) is 24.6 Å². The topological polar surface area (TPSA) is 117 Å². The highest BCUT2D eigenvalue weighted by Crippen LogP contribution is 2.32. The quantitative estimate of drug-likeness (QED) is 0.389. The Bertz CT molecular complexity index is 821. The van der Waals surface area contributed by atoms with Crippen LogP contribution in [0.1, 0.15) is 12.5 Å². The van der Waals surface area contributed by atoms with E-state index in [1.54, 1.807) is 19.1 Å². The molecule has 0 aliphatic heterocycles. The second-order valence-corrected chi connectivity index (χ2v) is 4.61. The summed E-state index contributed by atoms with van der Waals surface area (Å²) in [6.45, 7) is 1.64. The Kier molecular flexibility index (Phi) is 4.89. The van der Waals surface area contributed by atoms with Gasteiger partial charge in [0, 0.05) is 17.2 Å². The molecule has 1 aromatic carbocycles. The van der Waals surface area contributed by atoms with E-state index in [1.165, 1.54) is 13.2 Å². The van der Waals surface area contributed by atoms with Gasteiger partial charge in [0.25, 0.3) is 0 Å². The minimum Gasteiger partial charge on any atom is -0.493 e. The number of rotatable bonds is 4. The van der Waals surface area contributed by atoms with Gasteiger partial charge in [-0.1, -0.05) is 23.4 Å². The van der Waals surface area contributed by atoms with Crippen LogP contribution in [0.3, 0.4) is 0 Å². The van der Waals surface area contributed by atoms with E-state index in [1.807, 2.05) is 24.3 Å². The lowest BCUT2D eigenvalue weighted by molar-refractivity contribution is 0.382. The van der Waals surface area contributed by atoms with Crippen molar-refractivity contribution in [2.24, 2.45) is 16.2 Å². The molecule has 0 radical (unpaired) electrons. The Labute approximate surface area is 133 Å². The minimum atomic E-state index is -0.125. The molecule has 1 aromatic heterocycles. The first-order valence-electron chi connectivity index (χ1n) is 6.67. The van der Waals surface area contributed by atoms with Gasteiger partial charge in [0.2, 0.25) is 11.8 Å². The summed E-state index contributed by atoms with van der Waals surface area (Å²) in [5.41, 5.74) is 2.97. The molecule has 0 aliphatic carbocycles. The van der Waals surface area contributed by atoms with Crippen molar-refractivity contribution in [3.05, 3.63) is 47.5 Å². The van der Waals surface area contributed by atoms with Crippen LogP contribution in [0.25, 0.3) is 16.8 Å². The fourth-order valence-electron chi connectivity index (χ4n) is 2.10. The van der Waals surface area contributed by atoms with Crippen LogP contribution >= 0.6 is 0 Å². The summed E-state index contributed by atoms with van der Waals surface area (Å²) >= 11 is 0. The predicted octanol–water partition coefficient (Wildman–Crippen LogP) is 3.04. The molecule has 0 atom stereocenters. The molecule has 0 saturated heterocycles. The molecule has 116 valence electrons. The highest BCUT2D eigenvalue weighted by atomic mass is 16.5. The van der Waals surface area contributed by atoms with Crippen LogP contribution in [0.15, 0.2) is 52.3 Å². The molecule has 2 rings (SSSR count). The second kappa shape index (κ2) is 7.04. The SMILES string of the molecule is COc1nc(O)ccc1-c1cccc(C(/N=N\N)=C(/C)C#N)c1. The number of aromatic nitrogens is 1. The molecule has 2 aromatic rings. The average Bonchev–Trinajstić information content (AvgIpc) is 2.59. The summed E-state index contributed by atoms with van der Waals surface area (Å²) < 4.78 is 5.20. The minimum absolute atomic E-state index is 0.125. The van der Waals surface area contributed by atoms with Gasteiger partial charge in [0.1, 0.15) is 5.70 Å². The molecule has 1 heterocycles. The van der Waals surface area contributed by atoms with Crippen molar-refractivity contribution in [2.75, 3.05) is 7.11 Å². The molecule has 0 bridgehead atoms. The maximum Gasteiger partial charge on any atom is 0.224 e. The summed E-state index contributed by atoms with van der Waals surface area (Å²) in [6.07, 6.45) is 0. The summed E-state index contributed by atoms with van der Waals surface area (Å²) in [5.74, 6) is 5.30. The van der Waals surface area contributed by atoms with Gasteiger partial charge in [-0.3, -0.25) is 0 Å². The number of benzene rings is 1. The van der Waals surface area contributed by atoms with Crippen LogP contribution in [0.2, 0.25) is 0 Å². The van der Waals surface area contributed by atoms with Crippen molar-refractivity contribution in [3.8, 4) is 29.0 Å². The molecule has 0 amide bonds. The van der Waals surface area contributed by atoms with Crippen LogP contribution in [-0.2, 0) is 0 Å². The number of nitrogens with two attached hydrogens (primary N) is 1. The molecule has 0 saturated carbocycles. The van der Waals surface area contributed by atoms with E-state index in [0.717, 1.165) is 5.56 Å². The van der Waals surface area contributed by atoms with Crippen molar-refractivity contribution >= 4 is 5.70 Å². The zero-order valence-corrected chi connectivity index (χ0v) is 12.7. The van der Waals surface area contributed by atoms with Gasteiger partial charge < -0.3 is 15.7 Å². The summed E-state index contributed by atoms with van der Waals surface area (Å²) in [7, 11) is 1.48. The molecule has 23 heavy (non-hydrogen) atoms. The van der Waals surface area contributed by atoms with Crippen molar-refractivity contribution in [1.29, 1.82) is 5.26 Å². The molecule has 7 heteroatoms. The largest absolute Gasteiger partial charge is 0.493 e. The number of hydrogen-bond acceptors (Lipinski definition) is 6. The highest BCUT2D eigenvalue weighted by molar-refractivity contribution is 5.76. The molecular weight excluding hydrogens is 294 g/mol. The van der Waals surface area contributed by atoms with Crippen molar-refractivity contribution in [1.82, 2.24) is 4.98 Å². The fourth-order valence-corrected chi connectivity index (χ4v) is 2.10. The van der Waals surface area contributed by atoms with Crippen LogP contribution in [0.4, 0.5) is 0 Å². The Morgan fingerprint density at radius 3 is 2.78 bits per heavy atom. The Morgan fingerprint density at radius 2 is 2.13 bits per heavy atom. The second-order valence-electron chi connectivity index (χ2n) is 4.61. The molecule has 0 fully saturated rings. The number of allylic oxidation sites excluding steroid dienone is 1. The van der Waals surface area contributed by atoms with E-state index >= 15 is 0 Å². The first kappa shape index (κ1) is 16.0.